The molecule has 8 heteroatoms. The van der Waals surface area contributed by atoms with E-state index in [1.54, 1.807) is 12.3 Å². The van der Waals surface area contributed by atoms with Crippen LogP contribution in [0.5, 0.6) is 0 Å². The van der Waals surface area contributed by atoms with Crippen LogP contribution in [0.3, 0.4) is 0 Å². The molecule has 0 unspecified atom stereocenters. The fourth-order valence-corrected chi connectivity index (χ4v) is 2.91. The number of aryl methyl sites for hydroxylation is 2. The first kappa shape index (κ1) is 14.4. The number of hydrogen-bond acceptors (Lipinski definition) is 3. The largest absolute Gasteiger partial charge is 0.477 e. The second-order valence-electron chi connectivity index (χ2n) is 4.49. The van der Waals surface area contributed by atoms with Gasteiger partial charge in [0, 0.05) is 39.2 Å². The van der Waals surface area contributed by atoms with Gasteiger partial charge in [-0.2, -0.15) is 0 Å². The van der Waals surface area contributed by atoms with Crippen molar-refractivity contribution in [3.63, 3.8) is 0 Å². The maximum Gasteiger partial charge on any atom is 0.352 e. The molecule has 0 spiro atoms. The summed E-state index contributed by atoms with van der Waals surface area (Å²) < 4.78 is 29.7. The zero-order valence-corrected chi connectivity index (χ0v) is 11.9. The van der Waals surface area contributed by atoms with Crippen molar-refractivity contribution in [3.8, 4) is 0 Å². The number of sulfonamides is 1. The Morgan fingerprint density at radius 1 is 1.35 bits per heavy atom. The van der Waals surface area contributed by atoms with Crippen LogP contribution in [-0.4, -0.2) is 28.6 Å². The summed E-state index contributed by atoms with van der Waals surface area (Å²) in [4.78, 5) is 10.8. The van der Waals surface area contributed by atoms with E-state index in [1.165, 1.54) is 17.8 Å². The van der Waals surface area contributed by atoms with E-state index in [-0.39, 0.29) is 17.1 Å². The first-order valence-electron chi connectivity index (χ1n) is 5.80. The molecule has 2 aromatic rings. The molecule has 0 fully saturated rings. The lowest BCUT2D eigenvalue weighted by molar-refractivity contribution is 0.0686. The second kappa shape index (κ2) is 5.14. The Morgan fingerprint density at radius 3 is 2.55 bits per heavy atom. The Hall–Kier alpha value is -2.06. The minimum absolute atomic E-state index is 0.0617. The zero-order valence-electron chi connectivity index (χ0n) is 11.1. The summed E-state index contributed by atoms with van der Waals surface area (Å²) in [5.74, 6) is -1.17. The zero-order chi connectivity index (χ0) is 14.9. The molecular formula is C12H15N3O4S. The number of carboxylic acids is 1. The van der Waals surface area contributed by atoms with Crippen LogP contribution >= 0.6 is 0 Å². The molecule has 0 saturated heterocycles. The molecule has 0 amide bonds. The van der Waals surface area contributed by atoms with Crippen molar-refractivity contribution in [3.05, 3.63) is 42.0 Å². The third-order valence-corrected chi connectivity index (χ3v) is 4.24. The SMILES string of the molecule is Cn1ccc(CNS(=O)(=O)c2cc(C(=O)O)n(C)c2)c1. The predicted octanol–water partition coefficient (Wildman–Crippen LogP) is 0.540. The number of rotatable bonds is 5. The van der Waals surface area contributed by atoms with Gasteiger partial charge in [0.1, 0.15) is 10.6 Å². The van der Waals surface area contributed by atoms with Gasteiger partial charge in [-0.3, -0.25) is 0 Å². The van der Waals surface area contributed by atoms with E-state index in [2.05, 4.69) is 4.72 Å². The normalized spacial score (nSPS) is 11.7. The van der Waals surface area contributed by atoms with E-state index in [9.17, 15) is 13.2 Å². The minimum atomic E-state index is -3.73. The Labute approximate surface area is 116 Å². The third-order valence-electron chi connectivity index (χ3n) is 2.87. The lowest BCUT2D eigenvalue weighted by Crippen LogP contribution is -2.22. The van der Waals surface area contributed by atoms with Gasteiger partial charge in [-0.15, -0.1) is 0 Å². The summed E-state index contributed by atoms with van der Waals surface area (Å²) in [6.07, 6.45) is 4.89. The monoisotopic (exact) mass is 297 g/mol. The van der Waals surface area contributed by atoms with Gasteiger partial charge in [0.2, 0.25) is 10.0 Å². The first-order valence-corrected chi connectivity index (χ1v) is 7.28. The summed E-state index contributed by atoms with van der Waals surface area (Å²) in [5, 5.41) is 8.92. The minimum Gasteiger partial charge on any atom is -0.477 e. The number of nitrogens with zero attached hydrogens (tertiary/aromatic N) is 2. The van der Waals surface area contributed by atoms with E-state index in [4.69, 9.17) is 5.11 Å². The Balaban J connectivity index is 2.18. The molecule has 0 atom stereocenters. The van der Waals surface area contributed by atoms with Crippen molar-refractivity contribution in [2.75, 3.05) is 0 Å². The maximum absolute atomic E-state index is 12.1. The molecule has 0 aromatic carbocycles. The summed E-state index contributed by atoms with van der Waals surface area (Å²) in [7, 11) is -0.400. The van der Waals surface area contributed by atoms with Gasteiger partial charge in [-0.1, -0.05) is 0 Å². The van der Waals surface area contributed by atoms with Crippen molar-refractivity contribution >= 4 is 16.0 Å². The van der Waals surface area contributed by atoms with Crippen molar-refractivity contribution < 1.29 is 18.3 Å². The molecule has 0 radical (unpaired) electrons. The molecule has 2 heterocycles. The molecule has 108 valence electrons. The van der Waals surface area contributed by atoms with Crippen LogP contribution in [0.1, 0.15) is 16.1 Å². The number of aromatic nitrogens is 2. The van der Waals surface area contributed by atoms with Gasteiger partial charge in [0.15, 0.2) is 0 Å². The van der Waals surface area contributed by atoms with E-state index < -0.39 is 16.0 Å². The fourth-order valence-electron chi connectivity index (χ4n) is 1.82. The number of hydrogen-bond donors (Lipinski definition) is 2. The van der Waals surface area contributed by atoms with Crippen LogP contribution in [0, 0.1) is 0 Å². The molecule has 20 heavy (non-hydrogen) atoms. The number of carbonyl (C=O) groups is 1. The summed E-state index contributed by atoms with van der Waals surface area (Å²) in [6, 6.07) is 2.94. The van der Waals surface area contributed by atoms with Crippen LogP contribution in [0.4, 0.5) is 0 Å². The van der Waals surface area contributed by atoms with Crippen LogP contribution in [0.25, 0.3) is 0 Å². The molecule has 2 aromatic heterocycles. The molecule has 0 aliphatic heterocycles. The molecule has 0 aliphatic carbocycles. The summed E-state index contributed by atoms with van der Waals surface area (Å²) in [5.41, 5.74) is 0.746. The molecule has 0 aliphatic rings. The van der Waals surface area contributed by atoms with Crippen molar-refractivity contribution in [1.82, 2.24) is 13.9 Å². The van der Waals surface area contributed by atoms with Gasteiger partial charge < -0.3 is 14.2 Å². The van der Waals surface area contributed by atoms with E-state index >= 15 is 0 Å². The first-order chi connectivity index (χ1) is 9.29. The standard InChI is InChI=1S/C12H15N3O4S/c1-14-4-3-9(7-14)6-13-20(18,19)10-5-11(12(16)17)15(2)8-10/h3-5,7-8,13H,6H2,1-2H3,(H,16,17). The van der Waals surface area contributed by atoms with E-state index in [1.807, 2.05) is 17.8 Å². The van der Waals surface area contributed by atoms with Crippen LogP contribution in [0.15, 0.2) is 35.6 Å². The predicted molar refractivity (Wildman–Crippen MR) is 71.8 cm³/mol. The average molecular weight is 297 g/mol. The molecule has 7 nitrogen and oxygen atoms in total. The fraction of sp³-hybridized carbons (Fsp3) is 0.250. The van der Waals surface area contributed by atoms with Gasteiger partial charge in [0.25, 0.3) is 0 Å². The van der Waals surface area contributed by atoms with Crippen molar-refractivity contribution in [1.29, 1.82) is 0 Å². The Bertz CT molecular complexity index is 743. The molecule has 2 N–H and O–H groups in total. The highest BCUT2D eigenvalue weighted by molar-refractivity contribution is 7.89. The highest BCUT2D eigenvalue weighted by Crippen LogP contribution is 2.14. The van der Waals surface area contributed by atoms with Crippen LogP contribution in [0.2, 0.25) is 0 Å². The average Bonchev–Trinajstić information content (AvgIpc) is 2.93. The van der Waals surface area contributed by atoms with Gasteiger partial charge in [-0.25, -0.2) is 17.9 Å². The number of aromatic carboxylic acids is 1. The molecule has 0 saturated carbocycles. The summed E-state index contributed by atoms with van der Waals surface area (Å²) in [6.45, 7) is 0.153. The maximum atomic E-state index is 12.1. The summed E-state index contributed by atoms with van der Waals surface area (Å²) >= 11 is 0. The van der Waals surface area contributed by atoms with Crippen LogP contribution in [-0.2, 0) is 30.7 Å². The topological polar surface area (TPSA) is 93.3 Å². The Kier molecular flexibility index (Phi) is 3.69. The third kappa shape index (κ3) is 2.91. The van der Waals surface area contributed by atoms with Gasteiger partial charge >= 0.3 is 5.97 Å². The number of carboxylic acid groups (broad SMARTS) is 1. The Morgan fingerprint density at radius 2 is 2.05 bits per heavy atom. The molecule has 2 rings (SSSR count). The smallest absolute Gasteiger partial charge is 0.352 e. The van der Waals surface area contributed by atoms with E-state index in [0.29, 0.717) is 0 Å². The lowest BCUT2D eigenvalue weighted by Gasteiger charge is -2.03. The van der Waals surface area contributed by atoms with Gasteiger partial charge in [-0.05, 0) is 17.7 Å². The van der Waals surface area contributed by atoms with Crippen molar-refractivity contribution in [2.45, 2.75) is 11.4 Å². The van der Waals surface area contributed by atoms with Gasteiger partial charge in [0.05, 0.1) is 0 Å². The van der Waals surface area contributed by atoms with E-state index in [0.717, 1.165) is 11.6 Å². The lowest BCUT2D eigenvalue weighted by atomic mass is 10.4. The second-order valence-corrected chi connectivity index (χ2v) is 6.25. The van der Waals surface area contributed by atoms with Crippen molar-refractivity contribution in [2.24, 2.45) is 14.1 Å². The molecule has 0 bridgehead atoms. The number of nitrogens with one attached hydrogen (secondary N) is 1. The highest BCUT2D eigenvalue weighted by atomic mass is 32.2. The van der Waals surface area contributed by atoms with Crippen LogP contribution < -0.4 is 4.72 Å². The highest BCUT2D eigenvalue weighted by Gasteiger charge is 2.19. The molecular weight excluding hydrogens is 282 g/mol. The quantitative estimate of drug-likeness (QED) is 0.842.